The van der Waals surface area contributed by atoms with Crippen molar-refractivity contribution < 1.29 is 56.5 Å². The highest BCUT2D eigenvalue weighted by Gasteiger charge is 2.24. The number of pyridine rings is 2. The number of aromatic nitrogens is 4. The molecule has 0 spiro atoms. The van der Waals surface area contributed by atoms with Gasteiger partial charge in [0.2, 0.25) is 35.1 Å². The summed E-state index contributed by atoms with van der Waals surface area (Å²) in [6.45, 7) is 3.42. The van der Waals surface area contributed by atoms with Crippen LogP contribution in [0.25, 0.3) is 23.4 Å². The van der Waals surface area contributed by atoms with E-state index in [0.29, 0.717) is 67.8 Å². The molecular formula is C66H64Cl2N10O10+2. The molecule has 450 valence electrons. The van der Waals surface area contributed by atoms with E-state index in [9.17, 15) is 28.8 Å². The fourth-order valence-corrected chi connectivity index (χ4v) is 9.90. The van der Waals surface area contributed by atoms with Crippen molar-refractivity contribution in [2.45, 2.75) is 40.3 Å². The average molecular weight is 1230 g/mol. The minimum atomic E-state index is -0.493. The Morgan fingerprint density at radius 2 is 0.875 bits per heavy atom. The Morgan fingerprint density at radius 3 is 1.25 bits per heavy atom. The molecule has 0 radical (unpaired) electrons. The van der Waals surface area contributed by atoms with Crippen LogP contribution in [0.15, 0.2) is 158 Å². The van der Waals surface area contributed by atoms with Gasteiger partial charge in [0.1, 0.15) is 61.7 Å². The molecule has 0 atom stereocenters. The lowest BCUT2D eigenvalue weighted by Crippen LogP contribution is -2.37. The number of fused-ring (bicyclic) bond motifs is 2. The molecule has 5 aromatic carbocycles. The second-order valence-electron chi connectivity index (χ2n) is 20.3. The van der Waals surface area contributed by atoms with Crippen molar-refractivity contribution in [2.75, 3.05) is 51.1 Å². The van der Waals surface area contributed by atoms with Gasteiger partial charge >= 0.3 is 11.3 Å². The van der Waals surface area contributed by atoms with Crippen molar-refractivity contribution in [3.8, 4) is 23.0 Å². The molecule has 0 aliphatic carbocycles. The van der Waals surface area contributed by atoms with Gasteiger partial charge in [0.25, 0.3) is 11.8 Å². The first kappa shape index (κ1) is 62.1. The number of imidazole rings is 2. The zero-order valence-electron chi connectivity index (χ0n) is 49.0. The highest BCUT2D eigenvalue weighted by molar-refractivity contribution is 6.35. The Morgan fingerprint density at radius 1 is 0.500 bits per heavy atom. The summed E-state index contributed by atoms with van der Waals surface area (Å²) in [4.78, 5) is 85.9. The van der Waals surface area contributed by atoms with Gasteiger partial charge in [-0.05, 0) is 107 Å². The van der Waals surface area contributed by atoms with Crippen molar-refractivity contribution >= 4 is 93.5 Å². The maximum absolute atomic E-state index is 13.6. The van der Waals surface area contributed by atoms with Crippen molar-refractivity contribution in [3.05, 3.63) is 224 Å². The summed E-state index contributed by atoms with van der Waals surface area (Å²) in [5, 5.41) is 10.8. The Kier molecular flexibility index (Phi) is 20.2. The highest BCUT2D eigenvalue weighted by atomic mass is 35.5. The first-order valence-electron chi connectivity index (χ1n) is 27.8. The molecule has 0 unspecified atom stereocenters. The number of likely N-dealkylation sites (N-methyl/N-ethyl adjacent to an activating group) is 2. The minimum absolute atomic E-state index is 0.0362. The number of ether oxygens (including phenoxy) is 4. The summed E-state index contributed by atoms with van der Waals surface area (Å²) in [7, 11) is 6.22. The number of aryl methyl sites for hydroxylation is 2. The average Bonchev–Trinajstić information content (AvgIpc) is 2.41. The molecule has 0 aliphatic rings. The van der Waals surface area contributed by atoms with Crippen LogP contribution in [0.1, 0.15) is 65.5 Å². The number of aromatic amines is 2. The SMILES string of the molecule is CNC(=O)c1ccc(/C=C\C(=O)NCC(=O)N(C)c2ccc(OCc3ccc(COc4ccc(N(C)C(=O)CNC(=O)/C=C/c5ccc(C(=O)NC)cc5)c(Cl)c4COc4ccc[n+]5cc(C)[nH]c45)cc3)c(COc3ccc[n+]4cc(C)[nH]c34)c2Cl)cc1. The normalized spacial score (nSPS) is 11.2. The molecule has 22 heteroatoms. The second-order valence-corrected chi connectivity index (χ2v) is 21.0. The van der Waals surface area contributed by atoms with Crippen LogP contribution in [0.3, 0.4) is 0 Å². The molecule has 20 nitrogen and oxygen atoms in total. The van der Waals surface area contributed by atoms with Gasteiger partial charge in [0.05, 0.1) is 58.0 Å². The number of amides is 6. The van der Waals surface area contributed by atoms with Crippen LogP contribution >= 0.6 is 23.2 Å². The van der Waals surface area contributed by atoms with E-state index in [1.807, 2.05) is 96.0 Å². The number of benzene rings is 5. The number of H-pyrrole nitrogens is 2. The third kappa shape index (κ3) is 15.3. The molecule has 88 heavy (non-hydrogen) atoms. The number of nitrogens with one attached hydrogen (secondary N) is 6. The summed E-state index contributed by atoms with van der Waals surface area (Å²) >= 11 is 14.4. The molecule has 6 N–H and O–H groups in total. The van der Waals surface area contributed by atoms with Crippen LogP contribution in [0, 0.1) is 13.8 Å². The predicted molar refractivity (Wildman–Crippen MR) is 335 cm³/mol. The van der Waals surface area contributed by atoms with Gasteiger partial charge in [-0.25, -0.2) is 9.97 Å². The van der Waals surface area contributed by atoms with Crippen LogP contribution in [0.2, 0.25) is 10.0 Å². The van der Waals surface area contributed by atoms with Gasteiger partial charge in [0.15, 0.2) is 0 Å². The topological polar surface area (TPSA) is 234 Å². The number of carbonyl (C=O) groups is 6. The van der Waals surface area contributed by atoms with E-state index in [4.69, 9.17) is 42.1 Å². The Hall–Kier alpha value is -10.4. The van der Waals surface area contributed by atoms with E-state index >= 15 is 0 Å². The molecule has 0 saturated carbocycles. The summed E-state index contributed by atoms with van der Waals surface area (Å²) in [5.41, 5.74) is 8.98. The van der Waals surface area contributed by atoms with Crippen molar-refractivity contribution in [1.82, 2.24) is 31.2 Å². The maximum Gasteiger partial charge on any atom is 0.327 e. The molecule has 9 rings (SSSR count). The second kappa shape index (κ2) is 28.6. The van der Waals surface area contributed by atoms with E-state index < -0.39 is 23.6 Å². The van der Waals surface area contributed by atoms with Crippen LogP contribution in [0.5, 0.6) is 23.0 Å². The number of hydrogen-bond acceptors (Lipinski definition) is 10. The summed E-state index contributed by atoms with van der Waals surface area (Å²) in [6, 6.07) is 35.2. The van der Waals surface area contributed by atoms with E-state index in [2.05, 4.69) is 31.2 Å². The molecule has 4 aromatic heterocycles. The number of carbonyl (C=O) groups excluding carboxylic acids is 6. The Balaban J connectivity index is 0.870. The Bertz CT molecular complexity index is 3860. The van der Waals surface area contributed by atoms with Crippen LogP contribution in [-0.2, 0) is 45.6 Å². The number of rotatable bonds is 24. The first-order chi connectivity index (χ1) is 42.5. The molecule has 0 fully saturated rings. The van der Waals surface area contributed by atoms with Gasteiger partial charge in [-0.2, -0.15) is 8.80 Å². The predicted octanol–water partition coefficient (Wildman–Crippen LogP) is 8.36. The molecule has 9 aromatic rings. The van der Waals surface area contributed by atoms with Gasteiger partial charge < -0.3 is 50.0 Å². The standard InChI is InChI=1S/C66H62Cl2N10O10/c1-41-35-77-31-7-9-55(63(77)73-41)87-39-49-53(27-25-51(61(49)67)75(5)59(81)33-71-57(79)29-19-43-15-21-47(22-16-43)65(83)69-3)85-37-45-11-13-46(14-12-45)38-86-54-28-26-52(62(68)50(54)40-88-56-10-8-32-78-36-42(2)74-64(56)78)76(6)60(82)34-72-58(80)30-20-44-17-23-48(24-18-44)66(84)70-4/h7-32,35-36H,33-34,37-40H2,1-6H3,(H4,69,70,71,72,79,80,83,84)/p+2/b29-19-,30-20+. The summed E-state index contributed by atoms with van der Waals surface area (Å²) in [5.74, 6) is -0.375. The molecule has 0 bridgehead atoms. The molecule has 6 amide bonds. The van der Waals surface area contributed by atoms with E-state index in [0.717, 1.165) is 33.8 Å². The smallest absolute Gasteiger partial charge is 0.327 e. The monoisotopic (exact) mass is 1230 g/mol. The fourth-order valence-electron chi connectivity index (χ4n) is 9.23. The molecular weight excluding hydrogens is 1160 g/mol. The van der Waals surface area contributed by atoms with Crippen molar-refractivity contribution in [1.29, 1.82) is 0 Å². The van der Waals surface area contributed by atoms with Crippen molar-refractivity contribution in [3.63, 3.8) is 0 Å². The largest absolute Gasteiger partial charge is 0.488 e. The van der Waals surface area contributed by atoms with Crippen LogP contribution in [-0.4, -0.2) is 86.7 Å². The van der Waals surface area contributed by atoms with Gasteiger partial charge in [0, 0.05) is 65.3 Å². The van der Waals surface area contributed by atoms with Crippen molar-refractivity contribution in [2.24, 2.45) is 0 Å². The molecule has 0 aliphatic heterocycles. The molecule has 4 heterocycles. The number of halogens is 2. The Labute approximate surface area is 517 Å². The zero-order chi connectivity index (χ0) is 62.4. The van der Waals surface area contributed by atoms with Crippen LogP contribution in [0.4, 0.5) is 11.4 Å². The summed E-state index contributed by atoms with van der Waals surface area (Å²) < 4.78 is 29.5. The van der Waals surface area contributed by atoms with Gasteiger partial charge in [-0.1, -0.05) is 71.7 Å². The van der Waals surface area contributed by atoms with E-state index in [-0.39, 0.29) is 61.4 Å². The van der Waals surface area contributed by atoms with E-state index in [1.54, 1.807) is 113 Å². The number of anilines is 2. The lowest BCUT2D eigenvalue weighted by Gasteiger charge is -2.22. The maximum atomic E-state index is 13.6. The number of hydrogen-bond donors (Lipinski definition) is 6. The quantitative estimate of drug-likeness (QED) is 0.0250. The van der Waals surface area contributed by atoms with E-state index in [1.165, 1.54) is 22.0 Å². The van der Waals surface area contributed by atoms with Crippen LogP contribution < -0.4 is 58.8 Å². The zero-order valence-corrected chi connectivity index (χ0v) is 50.5. The number of nitrogens with zero attached hydrogens (tertiary/aromatic N) is 4. The third-order valence-electron chi connectivity index (χ3n) is 14.1. The minimum Gasteiger partial charge on any atom is -0.488 e. The summed E-state index contributed by atoms with van der Waals surface area (Å²) in [6.07, 6.45) is 13.5. The fraction of sp³-hybridized carbons (Fsp3) is 0.182. The lowest BCUT2D eigenvalue weighted by atomic mass is 10.1. The molecule has 0 saturated heterocycles. The highest BCUT2D eigenvalue weighted by Crippen LogP contribution is 2.39. The lowest BCUT2D eigenvalue weighted by molar-refractivity contribution is -0.510. The van der Waals surface area contributed by atoms with Gasteiger partial charge in [-0.3, -0.25) is 28.8 Å². The third-order valence-corrected chi connectivity index (χ3v) is 15.0. The van der Waals surface area contributed by atoms with Gasteiger partial charge in [-0.15, -0.1) is 0 Å². The first-order valence-corrected chi connectivity index (χ1v) is 28.5.